The lowest BCUT2D eigenvalue weighted by molar-refractivity contribution is -0.141. The molecule has 1 N–H and O–H groups in total. The highest BCUT2D eigenvalue weighted by atomic mass is 79.9. The molecule has 2 atom stereocenters. The lowest BCUT2D eigenvalue weighted by Crippen LogP contribution is -2.05. The van der Waals surface area contributed by atoms with Crippen molar-refractivity contribution >= 4 is 51.4 Å². The molecule has 0 heterocycles. The van der Waals surface area contributed by atoms with E-state index in [1.54, 1.807) is 11.8 Å². The molecule has 0 amide bonds. The summed E-state index contributed by atoms with van der Waals surface area (Å²) in [5.74, 6) is 0.525. The second kappa shape index (κ2) is 15.4. The number of methoxy groups -OCH3 is 2. The maximum Gasteiger partial charge on any atom is 0.305 e. The number of thioether (sulfide) groups is 2. The van der Waals surface area contributed by atoms with E-state index in [1.807, 2.05) is 36.0 Å². The number of hydrogen-bond acceptors (Lipinski definition) is 7. The monoisotopic (exact) mass is 554 g/mol. The summed E-state index contributed by atoms with van der Waals surface area (Å²) in [6.07, 6.45) is 1.91. The molecule has 8 heteroatoms. The van der Waals surface area contributed by atoms with E-state index in [-0.39, 0.29) is 23.6 Å². The summed E-state index contributed by atoms with van der Waals surface area (Å²) in [5.41, 5.74) is 1.93. The van der Waals surface area contributed by atoms with Crippen molar-refractivity contribution in [3.8, 4) is 0 Å². The van der Waals surface area contributed by atoms with Crippen LogP contribution in [-0.4, -0.2) is 42.3 Å². The molecule has 0 aliphatic heterocycles. The first-order valence-corrected chi connectivity index (χ1v) is 13.8. The van der Waals surface area contributed by atoms with Crippen LogP contribution in [0.5, 0.6) is 0 Å². The third-order valence-electron chi connectivity index (χ3n) is 5.03. The fraction of sp³-hybridized carbons (Fsp3) is 0.440. The van der Waals surface area contributed by atoms with Crippen LogP contribution in [0.25, 0.3) is 0 Å². The number of halogens is 1. The van der Waals surface area contributed by atoms with Crippen molar-refractivity contribution in [2.24, 2.45) is 0 Å². The van der Waals surface area contributed by atoms with Crippen LogP contribution in [0.2, 0.25) is 0 Å². The Morgan fingerprint density at radius 1 is 0.879 bits per heavy atom. The quantitative estimate of drug-likeness (QED) is 0.126. The smallest absolute Gasteiger partial charge is 0.305 e. The maximum absolute atomic E-state index is 11.8. The fourth-order valence-corrected chi connectivity index (χ4v) is 5.78. The maximum atomic E-state index is 11.8. The topological polar surface area (TPSA) is 72.8 Å². The summed E-state index contributed by atoms with van der Waals surface area (Å²) >= 11 is 6.99. The van der Waals surface area contributed by atoms with Gasteiger partial charge < -0.3 is 14.6 Å². The summed E-state index contributed by atoms with van der Waals surface area (Å²) < 4.78 is 9.47. The highest BCUT2D eigenvalue weighted by molar-refractivity contribution is 9.09. The van der Waals surface area contributed by atoms with Crippen molar-refractivity contribution in [1.82, 2.24) is 0 Å². The largest absolute Gasteiger partial charge is 0.469 e. The molecule has 5 nitrogen and oxygen atoms in total. The number of ether oxygens (including phenoxy) is 2. The van der Waals surface area contributed by atoms with Gasteiger partial charge in [-0.1, -0.05) is 40.2 Å². The third kappa shape index (κ3) is 10.1. The number of hydrogen-bond donors (Lipinski definition) is 1. The minimum atomic E-state index is -0.715. The Bertz CT molecular complexity index is 858. The highest BCUT2D eigenvalue weighted by Gasteiger charge is 2.17. The second-order valence-corrected chi connectivity index (χ2v) is 10.6. The van der Waals surface area contributed by atoms with Crippen molar-refractivity contribution in [3.05, 3.63) is 59.7 Å². The predicted octanol–water partition coefficient (Wildman–Crippen LogP) is 6.34. The number of aliphatic hydroxyl groups excluding tert-OH is 1. The zero-order valence-corrected chi connectivity index (χ0v) is 22.2. The number of rotatable bonds is 14. The van der Waals surface area contributed by atoms with Crippen LogP contribution in [0.3, 0.4) is 0 Å². The van der Waals surface area contributed by atoms with Crippen LogP contribution in [0.1, 0.15) is 54.6 Å². The molecule has 0 spiro atoms. The van der Waals surface area contributed by atoms with Crippen LogP contribution in [-0.2, 0) is 19.1 Å². The van der Waals surface area contributed by atoms with Gasteiger partial charge in [-0.15, -0.1) is 23.5 Å². The Balaban J connectivity index is 2.06. The van der Waals surface area contributed by atoms with Crippen molar-refractivity contribution in [2.75, 3.05) is 25.3 Å². The number of alkyl halides is 1. The minimum absolute atomic E-state index is 0.0980. The molecule has 0 aliphatic carbocycles. The van der Waals surface area contributed by atoms with Crippen molar-refractivity contribution in [2.45, 2.75) is 53.2 Å². The van der Waals surface area contributed by atoms with E-state index in [1.165, 1.54) is 19.1 Å². The summed E-state index contributed by atoms with van der Waals surface area (Å²) in [4.78, 5) is 25.3. The first kappa shape index (κ1) is 27.8. The lowest BCUT2D eigenvalue weighted by atomic mass is 10.1. The summed E-state index contributed by atoms with van der Waals surface area (Å²) in [6, 6.07) is 16.2. The minimum Gasteiger partial charge on any atom is -0.469 e. The Morgan fingerprint density at radius 3 is 2.00 bits per heavy atom. The number of aliphatic hydroxyl groups is 1. The van der Waals surface area contributed by atoms with E-state index in [0.717, 1.165) is 33.5 Å². The molecule has 0 aromatic heterocycles. The molecule has 2 aromatic carbocycles. The van der Waals surface area contributed by atoms with Crippen LogP contribution >= 0.6 is 39.5 Å². The highest BCUT2D eigenvalue weighted by Crippen LogP contribution is 2.39. The van der Waals surface area contributed by atoms with Gasteiger partial charge in [0.2, 0.25) is 0 Å². The molecule has 180 valence electrons. The van der Waals surface area contributed by atoms with E-state index in [0.29, 0.717) is 19.3 Å². The van der Waals surface area contributed by atoms with Gasteiger partial charge in [-0.2, -0.15) is 0 Å². The van der Waals surface area contributed by atoms with Crippen LogP contribution in [0.15, 0.2) is 58.3 Å². The molecule has 2 rings (SSSR count). The average Bonchev–Trinajstić information content (AvgIpc) is 2.85. The average molecular weight is 556 g/mol. The normalized spacial score (nSPS) is 12.7. The molecule has 2 aromatic rings. The van der Waals surface area contributed by atoms with E-state index in [4.69, 9.17) is 4.74 Å². The molecular formula is C25H31BrO5S2. The summed E-state index contributed by atoms with van der Waals surface area (Å²) in [5, 5.41) is 11.4. The first-order valence-electron chi connectivity index (χ1n) is 10.8. The number of esters is 2. The van der Waals surface area contributed by atoms with Crippen molar-refractivity contribution in [1.29, 1.82) is 0 Å². The second-order valence-electron chi connectivity index (χ2n) is 7.38. The summed E-state index contributed by atoms with van der Waals surface area (Å²) in [7, 11) is 2.75. The molecule has 0 radical (unpaired) electrons. The Morgan fingerprint density at radius 2 is 1.42 bits per heavy atom. The molecular weight excluding hydrogens is 524 g/mol. The van der Waals surface area contributed by atoms with Crippen LogP contribution in [0.4, 0.5) is 0 Å². The van der Waals surface area contributed by atoms with Gasteiger partial charge in [-0.3, -0.25) is 9.59 Å². The van der Waals surface area contributed by atoms with Gasteiger partial charge in [0.05, 0.1) is 20.3 Å². The van der Waals surface area contributed by atoms with Gasteiger partial charge in [0, 0.05) is 33.2 Å². The van der Waals surface area contributed by atoms with Crippen LogP contribution in [0, 0.1) is 0 Å². The zero-order chi connectivity index (χ0) is 24.1. The molecule has 0 saturated carbocycles. The Hall–Kier alpha value is -1.48. The van der Waals surface area contributed by atoms with E-state index in [9.17, 15) is 14.7 Å². The van der Waals surface area contributed by atoms with Gasteiger partial charge in [0.25, 0.3) is 0 Å². The van der Waals surface area contributed by atoms with Gasteiger partial charge in [-0.25, -0.2) is 0 Å². The molecule has 33 heavy (non-hydrogen) atoms. The Kier molecular flexibility index (Phi) is 13.0. The van der Waals surface area contributed by atoms with Crippen molar-refractivity contribution < 1.29 is 24.2 Å². The fourth-order valence-electron chi connectivity index (χ4n) is 3.12. The van der Waals surface area contributed by atoms with Gasteiger partial charge in [0.1, 0.15) is 0 Å². The van der Waals surface area contributed by atoms with E-state index < -0.39 is 6.10 Å². The van der Waals surface area contributed by atoms with E-state index >= 15 is 0 Å². The standard InChI is InChI=1S/C25H31BrO5S2/c1-30-24(28)14-12-22(27)18-4-10-21(11-5-18)33-23(13-15-25(29)31-2)19-6-8-20(9-7-19)32-17-3-16-26/h4-11,22-23,27H,3,12-17H2,1-2H3. The zero-order valence-electron chi connectivity index (χ0n) is 19.0. The number of carbonyl (C=O) groups is 2. The Labute approximate surface area is 213 Å². The predicted molar refractivity (Wildman–Crippen MR) is 138 cm³/mol. The van der Waals surface area contributed by atoms with Crippen LogP contribution < -0.4 is 0 Å². The molecule has 0 bridgehead atoms. The SMILES string of the molecule is COC(=O)CCC(O)c1ccc(SC(CCC(=O)OC)c2ccc(SCCCBr)cc2)cc1. The summed E-state index contributed by atoms with van der Waals surface area (Å²) in [6.45, 7) is 0. The first-order chi connectivity index (χ1) is 16.0. The molecule has 0 aliphatic rings. The lowest BCUT2D eigenvalue weighted by Gasteiger charge is -2.18. The molecule has 0 saturated heterocycles. The molecule has 2 unspecified atom stereocenters. The molecule has 0 fully saturated rings. The number of benzene rings is 2. The van der Waals surface area contributed by atoms with Gasteiger partial charge in [-0.05, 0) is 60.4 Å². The van der Waals surface area contributed by atoms with Crippen molar-refractivity contribution in [3.63, 3.8) is 0 Å². The van der Waals surface area contributed by atoms with Gasteiger partial charge >= 0.3 is 11.9 Å². The number of carbonyl (C=O) groups excluding carboxylic acids is 2. The third-order valence-corrected chi connectivity index (χ3v) is 8.03. The van der Waals surface area contributed by atoms with Gasteiger partial charge in [0.15, 0.2) is 0 Å². The van der Waals surface area contributed by atoms with E-state index in [2.05, 4.69) is 44.9 Å².